The summed E-state index contributed by atoms with van der Waals surface area (Å²) in [6, 6.07) is 1.44. The third-order valence-corrected chi connectivity index (χ3v) is 2.68. The Labute approximate surface area is 114 Å². The number of anilines is 2. The lowest BCUT2D eigenvalue weighted by atomic mass is 10.2. The standard InChI is InChI=1S/C11H13ClN6O/c1-2-3-6-9(13)10(18-17-6)11(19)16-8-4-7(12)14-5-15-8/h4-5H,2-3,13H2,1H3,(H,17,18)(H,14,15,16,19). The van der Waals surface area contributed by atoms with Crippen LogP contribution in [0.1, 0.15) is 29.5 Å². The number of hydrogen-bond acceptors (Lipinski definition) is 5. The number of aryl methyl sites for hydroxylation is 1. The molecule has 0 aromatic carbocycles. The van der Waals surface area contributed by atoms with E-state index >= 15 is 0 Å². The van der Waals surface area contributed by atoms with Crippen molar-refractivity contribution in [3.63, 3.8) is 0 Å². The number of carbonyl (C=O) groups is 1. The van der Waals surface area contributed by atoms with Crippen LogP contribution in [0.15, 0.2) is 12.4 Å². The van der Waals surface area contributed by atoms with Gasteiger partial charge in [-0.3, -0.25) is 9.89 Å². The van der Waals surface area contributed by atoms with E-state index in [4.69, 9.17) is 17.3 Å². The number of halogens is 1. The average Bonchev–Trinajstić information content (AvgIpc) is 2.72. The first-order chi connectivity index (χ1) is 9.11. The van der Waals surface area contributed by atoms with Gasteiger partial charge in [0, 0.05) is 6.07 Å². The monoisotopic (exact) mass is 280 g/mol. The van der Waals surface area contributed by atoms with Crippen molar-refractivity contribution < 1.29 is 4.79 Å². The SMILES string of the molecule is CCCc1[nH]nc(C(=O)Nc2cc(Cl)ncn2)c1N. The molecule has 2 aromatic heterocycles. The first-order valence-corrected chi connectivity index (χ1v) is 6.11. The molecular formula is C11H13ClN6O. The van der Waals surface area contributed by atoms with E-state index in [0.29, 0.717) is 11.5 Å². The Morgan fingerprint density at radius 1 is 1.53 bits per heavy atom. The second-order valence-corrected chi connectivity index (χ2v) is 4.28. The minimum Gasteiger partial charge on any atom is -0.395 e. The summed E-state index contributed by atoms with van der Waals surface area (Å²) in [5.74, 6) is -0.143. The number of amides is 1. The summed E-state index contributed by atoms with van der Waals surface area (Å²) in [5.41, 5.74) is 7.13. The first-order valence-electron chi connectivity index (χ1n) is 5.73. The van der Waals surface area contributed by atoms with Gasteiger partial charge in [0.05, 0.1) is 11.4 Å². The van der Waals surface area contributed by atoms with Crippen molar-refractivity contribution in [2.45, 2.75) is 19.8 Å². The van der Waals surface area contributed by atoms with Gasteiger partial charge in [-0.05, 0) is 6.42 Å². The zero-order chi connectivity index (χ0) is 13.8. The summed E-state index contributed by atoms with van der Waals surface area (Å²) in [7, 11) is 0. The number of carbonyl (C=O) groups excluding carboxylic acids is 1. The Bertz CT molecular complexity index is 597. The van der Waals surface area contributed by atoms with E-state index in [0.717, 1.165) is 18.5 Å². The van der Waals surface area contributed by atoms with Gasteiger partial charge in [-0.15, -0.1) is 0 Å². The van der Waals surface area contributed by atoms with E-state index in [2.05, 4.69) is 25.5 Å². The van der Waals surface area contributed by atoms with E-state index in [9.17, 15) is 4.79 Å². The normalized spacial score (nSPS) is 10.4. The molecule has 0 aliphatic rings. The molecule has 8 heteroatoms. The number of aromatic nitrogens is 4. The fourth-order valence-corrected chi connectivity index (χ4v) is 1.72. The minimum absolute atomic E-state index is 0.151. The third-order valence-electron chi connectivity index (χ3n) is 2.47. The number of nitrogens with zero attached hydrogens (tertiary/aromatic N) is 3. The van der Waals surface area contributed by atoms with Crippen molar-refractivity contribution in [2.24, 2.45) is 0 Å². The highest BCUT2D eigenvalue weighted by atomic mass is 35.5. The fraction of sp³-hybridized carbons (Fsp3) is 0.273. The van der Waals surface area contributed by atoms with Crippen LogP contribution in [-0.4, -0.2) is 26.1 Å². The molecule has 100 valence electrons. The molecule has 0 saturated carbocycles. The van der Waals surface area contributed by atoms with Crippen LogP contribution in [0.3, 0.4) is 0 Å². The van der Waals surface area contributed by atoms with Crippen LogP contribution in [0.4, 0.5) is 11.5 Å². The molecule has 0 aliphatic carbocycles. The van der Waals surface area contributed by atoms with Gasteiger partial charge in [0.1, 0.15) is 17.3 Å². The molecule has 0 saturated heterocycles. The van der Waals surface area contributed by atoms with E-state index in [1.54, 1.807) is 0 Å². The fourth-order valence-electron chi connectivity index (χ4n) is 1.58. The van der Waals surface area contributed by atoms with Gasteiger partial charge in [0.25, 0.3) is 5.91 Å². The van der Waals surface area contributed by atoms with Crippen LogP contribution in [0.2, 0.25) is 5.15 Å². The lowest BCUT2D eigenvalue weighted by molar-refractivity contribution is 0.102. The van der Waals surface area contributed by atoms with Crippen LogP contribution in [0, 0.1) is 0 Å². The van der Waals surface area contributed by atoms with Crippen molar-refractivity contribution >= 4 is 29.0 Å². The van der Waals surface area contributed by atoms with Gasteiger partial charge in [-0.25, -0.2) is 9.97 Å². The summed E-state index contributed by atoms with van der Waals surface area (Å²) < 4.78 is 0. The number of hydrogen-bond donors (Lipinski definition) is 3. The van der Waals surface area contributed by atoms with E-state index in [1.165, 1.54) is 12.4 Å². The number of aromatic amines is 1. The van der Waals surface area contributed by atoms with Crippen molar-refractivity contribution in [2.75, 3.05) is 11.1 Å². The Morgan fingerprint density at radius 3 is 3.00 bits per heavy atom. The van der Waals surface area contributed by atoms with Crippen molar-refractivity contribution in [3.8, 4) is 0 Å². The number of rotatable bonds is 4. The van der Waals surface area contributed by atoms with E-state index in [-0.39, 0.29) is 10.8 Å². The molecule has 2 aromatic rings. The summed E-state index contributed by atoms with van der Waals surface area (Å²) in [6.45, 7) is 2.02. The van der Waals surface area contributed by atoms with E-state index in [1.807, 2.05) is 6.92 Å². The number of nitrogens with one attached hydrogen (secondary N) is 2. The minimum atomic E-state index is -0.439. The second kappa shape index (κ2) is 5.66. The molecule has 19 heavy (non-hydrogen) atoms. The quantitative estimate of drug-likeness (QED) is 0.738. The molecule has 7 nitrogen and oxygen atoms in total. The molecular weight excluding hydrogens is 268 g/mol. The van der Waals surface area contributed by atoms with Gasteiger partial charge in [-0.1, -0.05) is 24.9 Å². The van der Waals surface area contributed by atoms with Gasteiger partial charge in [-0.2, -0.15) is 5.10 Å². The van der Waals surface area contributed by atoms with E-state index < -0.39 is 5.91 Å². The lowest BCUT2D eigenvalue weighted by Crippen LogP contribution is -2.15. The van der Waals surface area contributed by atoms with Crippen LogP contribution < -0.4 is 11.1 Å². The zero-order valence-corrected chi connectivity index (χ0v) is 11.0. The summed E-state index contributed by atoms with van der Waals surface area (Å²) in [6.07, 6.45) is 2.91. The highest BCUT2D eigenvalue weighted by Crippen LogP contribution is 2.17. The van der Waals surface area contributed by atoms with Gasteiger partial charge in [0.2, 0.25) is 0 Å². The van der Waals surface area contributed by atoms with Crippen LogP contribution in [0.25, 0.3) is 0 Å². The maximum atomic E-state index is 12.0. The lowest BCUT2D eigenvalue weighted by Gasteiger charge is -2.02. The van der Waals surface area contributed by atoms with Crippen molar-refractivity contribution in [1.29, 1.82) is 0 Å². The summed E-state index contributed by atoms with van der Waals surface area (Å²) in [4.78, 5) is 19.6. The molecule has 0 atom stereocenters. The largest absolute Gasteiger partial charge is 0.395 e. The van der Waals surface area contributed by atoms with Gasteiger partial charge in [0.15, 0.2) is 5.69 Å². The molecule has 0 aliphatic heterocycles. The Balaban J connectivity index is 2.16. The zero-order valence-electron chi connectivity index (χ0n) is 10.3. The Kier molecular flexibility index (Phi) is 3.96. The molecule has 2 rings (SSSR count). The summed E-state index contributed by atoms with van der Waals surface area (Å²) >= 11 is 5.70. The maximum absolute atomic E-state index is 12.0. The number of H-pyrrole nitrogens is 1. The van der Waals surface area contributed by atoms with Crippen molar-refractivity contribution in [3.05, 3.63) is 28.9 Å². The smallest absolute Gasteiger partial charge is 0.279 e. The predicted octanol–water partition coefficient (Wildman–Crippen LogP) is 1.64. The third kappa shape index (κ3) is 3.00. The topological polar surface area (TPSA) is 110 Å². The molecule has 0 bridgehead atoms. The highest BCUT2D eigenvalue weighted by molar-refractivity contribution is 6.29. The average molecular weight is 281 g/mol. The molecule has 0 spiro atoms. The molecule has 0 fully saturated rings. The van der Waals surface area contributed by atoms with Crippen molar-refractivity contribution in [1.82, 2.24) is 20.2 Å². The first kappa shape index (κ1) is 13.3. The van der Waals surface area contributed by atoms with Crippen LogP contribution >= 0.6 is 11.6 Å². The second-order valence-electron chi connectivity index (χ2n) is 3.89. The van der Waals surface area contributed by atoms with Gasteiger partial charge >= 0.3 is 0 Å². The Morgan fingerprint density at radius 2 is 2.32 bits per heavy atom. The Hall–Kier alpha value is -2.15. The maximum Gasteiger partial charge on any atom is 0.279 e. The number of nitrogens with two attached hydrogens (primary N) is 1. The molecule has 0 radical (unpaired) electrons. The molecule has 0 unspecified atom stereocenters. The van der Waals surface area contributed by atoms with Crippen LogP contribution in [0.5, 0.6) is 0 Å². The predicted molar refractivity (Wildman–Crippen MR) is 72.0 cm³/mol. The van der Waals surface area contributed by atoms with Crippen LogP contribution in [-0.2, 0) is 6.42 Å². The molecule has 4 N–H and O–H groups in total. The highest BCUT2D eigenvalue weighted by Gasteiger charge is 2.17. The molecule has 1 amide bonds. The molecule has 2 heterocycles. The van der Waals surface area contributed by atoms with Gasteiger partial charge < -0.3 is 11.1 Å². The summed E-state index contributed by atoms with van der Waals surface area (Å²) in [5, 5.41) is 9.47. The number of nitrogen functional groups attached to an aromatic ring is 1.